The molecule has 0 fully saturated rings. The van der Waals surface area contributed by atoms with E-state index >= 15 is 0 Å². The van der Waals surface area contributed by atoms with E-state index in [2.05, 4.69) is 0 Å². The van der Waals surface area contributed by atoms with Crippen LogP contribution >= 0.6 is 0 Å². The predicted molar refractivity (Wildman–Crippen MR) is 74.7 cm³/mol. The molecule has 0 radical (unpaired) electrons. The Morgan fingerprint density at radius 1 is 1.21 bits per heavy atom. The predicted octanol–water partition coefficient (Wildman–Crippen LogP) is 2.44. The van der Waals surface area contributed by atoms with Crippen LogP contribution in [0.2, 0.25) is 0 Å². The minimum Gasteiger partial charge on any atom is -0.463 e. The summed E-state index contributed by atoms with van der Waals surface area (Å²) in [5, 5.41) is 0. The standard InChI is InChI=1S/C15H23NO3/c1-2-10-18-11-12-19-15(17)9-8-14(16)13-6-4-3-5-7-13/h3-7,14H,2,8-12,16H2,1H3. The van der Waals surface area contributed by atoms with Crippen molar-refractivity contribution in [2.75, 3.05) is 19.8 Å². The van der Waals surface area contributed by atoms with Gasteiger partial charge in [-0.15, -0.1) is 0 Å². The molecule has 0 aliphatic heterocycles. The third-order valence-corrected chi connectivity index (χ3v) is 2.73. The molecular formula is C15H23NO3. The number of hydrogen-bond donors (Lipinski definition) is 1. The third kappa shape index (κ3) is 6.94. The lowest BCUT2D eigenvalue weighted by Gasteiger charge is -2.11. The van der Waals surface area contributed by atoms with E-state index < -0.39 is 0 Å². The van der Waals surface area contributed by atoms with Gasteiger partial charge in [-0.05, 0) is 18.4 Å². The van der Waals surface area contributed by atoms with Crippen LogP contribution in [0, 0.1) is 0 Å². The number of carbonyl (C=O) groups is 1. The Kier molecular flexibility index (Phi) is 7.86. The van der Waals surface area contributed by atoms with Crippen LogP contribution in [0.5, 0.6) is 0 Å². The van der Waals surface area contributed by atoms with Gasteiger partial charge in [0.2, 0.25) is 0 Å². The number of benzene rings is 1. The minimum atomic E-state index is -0.216. The summed E-state index contributed by atoms with van der Waals surface area (Å²) < 4.78 is 10.3. The zero-order valence-corrected chi connectivity index (χ0v) is 11.5. The SMILES string of the molecule is CCCOCCOC(=O)CCC(N)c1ccccc1. The van der Waals surface area contributed by atoms with E-state index in [1.54, 1.807) is 0 Å². The van der Waals surface area contributed by atoms with E-state index in [-0.39, 0.29) is 12.0 Å². The van der Waals surface area contributed by atoms with Crippen molar-refractivity contribution in [1.29, 1.82) is 0 Å². The molecule has 0 bridgehead atoms. The van der Waals surface area contributed by atoms with E-state index in [1.165, 1.54) is 0 Å². The lowest BCUT2D eigenvalue weighted by molar-refractivity contribution is -0.145. The molecule has 106 valence electrons. The Balaban J connectivity index is 2.13. The van der Waals surface area contributed by atoms with E-state index in [1.807, 2.05) is 37.3 Å². The maximum Gasteiger partial charge on any atom is 0.305 e. The van der Waals surface area contributed by atoms with Crippen molar-refractivity contribution >= 4 is 5.97 Å². The molecule has 4 heteroatoms. The molecule has 0 aliphatic carbocycles. The summed E-state index contributed by atoms with van der Waals surface area (Å²) >= 11 is 0. The van der Waals surface area contributed by atoms with Gasteiger partial charge >= 0.3 is 5.97 Å². The van der Waals surface area contributed by atoms with Gasteiger partial charge in [-0.2, -0.15) is 0 Å². The Morgan fingerprint density at radius 2 is 1.95 bits per heavy atom. The van der Waals surface area contributed by atoms with E-state index in [4.69, 9.17) is 15.2 Å². The second-order valence-electron chi connectivity index (χ2n) is 4.39. The Hall–Kier alpha value is -1.39. The van der Waals surface area contributed by atoms with Crippen LogP contribution in [0.3, 0.4) is 0 Å². The van der Waals surface area contributed by atoms with Crippen LogP contribution in [0.15, 0.2) is 30.3 Å². The highest BCUT2D eigenvalue weighted by Gasteiger charge is 2.09. The summed E-state index contributed by atoms with van der Waals surface area (Å²) in [6, 6.07) is 9.64. The number of hydrogen-bond acceptors (Lipinski definition) is 4. The van der Waals surface area contributed by atoms with Gasteiger partial charge in [0, 0.05) is 19.1 Å². The van der Waals surface area contributed by atoms with Gasteiger partial charge in [-0.25, -0.2) is 0 Å². The molecule has 1 aromatic rings. The second kappa shape index (κ2) is 9.53. The number of ether oxygens (including phenoxy) is 2. The smallest absolute Gasteiger partial charge is 0.305 e. The topological polar surface area (TPSA) is 61.5 Å². The van der Waals surface area contributed by atoms with Gasteiger partial charge in [-0.3, -0.25) is 4.79 Å². The Bertz CT molecular complexity index is 354. The van der Waals surface area contributed by atoms with Crippen LogP contribution in [-0.4, -0.2) is 25.8 Å². The van der Waals surface area contributed by atoms with Gasteiger partial charge in [0.05, 0.1) is 6.61 Å². The summed E-state index contributed by atoms with van der Waals surface area (Å²) in [6.07, 6.45) is 1.91. The summed E-state index contributed by atoms with van der Waals surface area (Å²) in [5.74, 6) is -0.216. The molecule has 0 spiro atoms. The fourth-order valence-corrected chi connectivity index (χ4v) is 1.67. The van der Waals surface area contributed by atoms with Crippen molar-refractivity contribution < 1.29 is 14.3 Å². The van der Waals surface area contributed by atoms with E-state index in [9.17, 15) is 4.79 Å². The lowest BCUT2D eigenvalue weighted by Crippen LogP contribution is -2.15. The quantitative estimate of drug-likeness (QED) is 0.550. The molecule has 0 aromatic heterocycles. The highest BCUT2D eigenvalue weighted by Crippen LogP contribution is 2.15. The molecule has 0 saturated carbocycles. The molecule has 0 amide bonds. The fourth-order valence-electron chi connectivity index (χ4n) is 1.67. The molecule has 1 atom stereocenters. The van der Waals surface area contributed by atoms with Crippen molar-refractivity contribution in [3.8, 4) is 0 Å². The van der Waals surface area contributed by atoms with Crippen molar-refractivity contribution in [3.05, 3.63) is 35.9 Å². The summed E-state index contributed by atoms with van der Waals surface area (Å²) in [5.41, 5.74) is 7.05. The van der Waals surface area contributed by atoms with Gasteiger partial charge in [0.25, 0.3) is 0 Å². The molecule has 0 heterocycles. The van der Waals surface area contributed by atoms with Crippen molar-refractivity contribution in [1.82, 2.24) is 0 Å². The van der Waals surface area contributed by atoms with Crippen LogP contribution in [0.25, 0.3) is 0 Å². The first kappa shape index (κ1) is 15.7. The average Bonchev–Trinajstić information content (AvgIpc) is 2.45. The van der Waals surface area contributed by atoms with Crippen molar-refractivity contribution in [2.24, 2.45) is 5.73 Å². The Morgan fingerprint density at radius 3 is 2.63 bits per heavy atom. The molecule has 1 rings (SSSR count). The molecule has 1 unspecified atom stereocenters. The van der Waals surface area contributed by atoms with Crippen molar-refractivity contribution in [2.45, 2.75) is 32.2 Å². The first-order valence-electron chi connectivity index (χ1n) is 6.78. The molecular weight excluding hydrogens is 242 g/mol. The number of nitrogens with two attached hydrogens (primary N) is 1. The van der Waals surface area contributed by atoms with Gasteiger partial charge < -0.3 is 15.2 Å². The van der Waals surface area contributed by atoms with Gasteiger partial charge in [0.15, 0.2) is 0 Å². The average molecular weight is 265 g/mol. The highest BCUT2D eigenvalue weighted by molar-refractivity contribution is 5.69. The molecule has 4 nitrogen and oxygen atoms in total. The zero-order valence-electron chi connectivity index (χ0n) is 11.5. The van der Waals surface area contributed by atoms with Gasteiger partial charge in [-0.1, -0.05) is 37.3 Å². The molecule has 2 N–H and O–H groups in total. The monoisotopic (exact) mass is 265 g/mol. The summed E-state index contributed by atoms with van der Waals surface area (Å²) in [6.45, 7) is 3.52. The maximum atomic E-state index is 11.5. The maximum absolute atomic E-state index is 11.5. The second-order valence-corrected chi connectivity index (χ2v) is 4.39. The number of carbonyl (C=O) groups excluding carboxylic acids is 1. The molecule has 0 aliphatic rings. The van der Waals surface area contributed by atoms with Crippen LogP contribution in [0.1, 0.15) is 37.8 Å². The van der Waals surface area contributed by atoms with Crippen LogP contribution in [0.4, 0.5) is 0 Å². The van der Waals surface area contributed by atoms with Crippen LogP contribution in [-0.2, 0) is 14.3 Å². The summed E-state index contributed by atoms with van der Waals surface area (Å²) in [7, 11) is 0. The zero-order chi connectivity index (χ0) is 13.9. The van der Waals surface area contributed by atoms with Crippen molar-refractivity contribution in [3.63, 3.8) is 0 Å². The number of rotatable bonds is 9. The first-order chi connectivity index (χ1) is 9.24. The van der Waals surface area contributed by atoms with Crippen LogP contribution < -0.4 is 5.73 Å². The van der Waals surface area contributed by atoms with Gasteiger partial charge in [0.1, 0.15) is 6.61 Å². The highest BCUT2D eigenvalue weighted by atomic mass is 16.6. The summed E-state index contributed by atoms with van der Waals surface area (Å²) in [4.78, 5) is 11.5. The molecule has 19 heavy (non-hydrogen) atoms. The number of esters is 1. The van der Waals surface area contributed by atoms with E-state index in [0.717, 1.165) is 12.0 Å². The first-order valence-corrected chi connectivity index (χ1v) is 6.78. The lowest BCUT2D eigenvalue weighted by atomic mass is 10.0. The Labute approximate surface area is 114 Å². The fraction of sp³-hybridized carbons (Fsp3) is 0.533. The third-order valence-electron chi connectivity index (χ3n) is 2.73. The van der Waals surface area contributed by atoms with E-state index in [0.29, 0.717) is 32.7 Å². The minimum absolute atomic E-state index is 0.120. The molecule has 1 aromatic carbocycles. The molecule has 0 saturated heterocycles. The largest absolute Gasteiger partial charge is 0.463 e. The normalized spacial score (nSPS) is 12.1.